The Balaban J connectivity index is 0.000000496. The number of pyridine rings is 1. The van der Waals surface area contributed by atoms with Crippen LogP contribution >= 0.6 is 0 Å². The van der Waals surface area contributed by atoms with E-state index >= 15 is 0 Å². The van der Waals surface area contributed by atoms with Crippen LogP contribution in [0.4, 0.5) is 13.2 Å². The zero-order valence-electron chi connectivity index (χ0n) is 37.3. The van der Waals surface area contributed by atoms with Crippen molar-refractivity contribution in [1.82, 2.24) is 4.98 Å². The summed E-state index contributed by atoms with van der Waals surface area (Å²) >= 11 is 0. The first-order valence-corrected chi connectivity index (χ1v) is 21.2. The van der Waals surface area contributed by atoms with Gasteiger partial charge in [-0.25, -0.2) is 0 Å². The second-order valence-electron chi connectivity index (χ2n) is 17.8. The minimum Gasteiger partial charge on any atom is -0.512 e. The van der Waals surface area contributed by atoms with Crippen molar-refractivity contribution < 1.29 is 47.6 Å². The predicted molar refractivity (Wildman–Crippen MR) is 235 cm³/mol. The third-order valence-corrected chi connectivity index (χ3v) is 12.3. The second-order valence-corrected chi connectivity index (χ2v) is 17.8. The summed E-state index contributed by atoms with van der Waals surface area (Å²) in [6, 6.07) is 22.7. The van der Waals surface area contributed by atoms with Gasteiger partial charge >= 0.3 is 6.18 Å². The van der Waals surface area contributed by atoms with Crippen LogP contribution in [-0.4, -0.2) is 15.9 Å². The molecule has 0 amide bonds. The zero-order chi connectivity index (χ0) is 43.3. The Labute approximate surface area is 364 Å². The summed E-state index contributed by atoms with van der Waals surface area (Å²) in [5.41, 5.74) is 2.72. The number of aliphatic hydroxyl groups is 1. The number of hydrogen-bond donors (Lipinski definition) is 1. The number of nitrogens with zero attached hydrogens (tertiary/aromatic N) is 1. The molecule has 323 valence electrons. The van der Waals surface area contributed by atoms with Crippen LogP contribution in [0.25, 0.3) is 44.3 Å². The van der Waals surface area contributed by atoms with Crippen molar-refractivity contribution in [1.29, 1.82) is 0 Å². The van der Waals surface area contributed by atoms with Crippen LogP contribution in [0.2, 0.25) is 0 Å². The number of allylic oxidation sites excluding steroid dienone is 2. The van der Waals surface area contributed by atoms with Gasteiger partial charge in [0.1, 0.15) is 11.3 Å². The summed E-state index contributed by atoms with van der Waals surface area (Å²) in [6.45, 7) is 27.9. The van der Waals surface area contributed by atoms with Gasteiger partial charge in [-0.05, 0) is 66.5 Å². The number of aliphatic hydroxyl groups excluding tert-OH is 1. The molecule has 59 heavy (non-hydrogen) atoms. The number of carbonyl (C=O) groups excluding carboxylic acids is 1. The number of carbonyl (C=O) groups is 1. The van der Waals surface area contributed by atoms with Crippen molar-refractivity contribution in [3.05, 3.63) is 101 Å². The first-order valence-electron chi connectivity index (χ1n) is 21.2. The van der Waals surface area contributed by atoms with E-state index in [1.165, 1.54) is 12.1 Å². The molecule has 8 heteroatoms. The standard InChI is InChI=1S/C38H41F3NO.C13H24O2.Ir/c1-22(2)37(23(3)4,24(5)6)28-15-14-26-18-35(43-34(26)19-28)30-20-33(42-21-32(30)38(39,40)41)27-16-25-12-10-11-13-29(25)31(17-27)36(7,8)9;1-5-10(6-2)12(14)9-13(15)11(7-3)8-4;/h10-15,17-24H,1-9H3;9-11,14H,5-8H2,1-4H3;/q-1;;/b;12-9-;. The van der Waals surface area contributed by atoms with Crippen molar-refractivity contribution in [3.63, 3.8) is 0 Å². The van der Waals surface area contributed by atoms with Gasteiger partial charge < -0.3 is 9.52 Å². The Morgan fingerprint density at radius 2 is 1.37 bits per heavy atom. The van der Waals surface area contributed by atoms with Crippen LogP contribution in [0, 0.1) is 35.7 Å². The molecule has 0 spiro atoms. The molecule has 0 aliphatic carbocycles. The molecule has 1 radical (unpaired) electrons. The third kappa shape index (κ3) is 10.8. The normalized spacial score (nSPS) is 12.9. The SMILES string of the molecule is CC(C)C(c1ccc2cc(-c3cc(-c4[c-]c5ccccc5c(C(C)(C)C)c4)ncc3C(F)(F)F)oc2c1)(C(C)C)C(C)C.CCC(CC)C(=O)/C=C(\O)C(CC)CC.[Ir]. The zero-order valence-corrected chi connectivity index (χ0v) is 39.7. The first-order chi connectivity index (χ1) is 27.1. The molecule has 5 rings (SSSR count). The molecule has 0 unspecified atom stereocenters. The van der Waals surface area contributed by atoms with Gasteiger partial charge in [0.2, 0.25) is 0 Å². The monoisotopic (exact) mass is 989 g/mol. The van der Waals surface area contributed by atoms with E-state index in [0.29, 0.717) is 34.6 Å². The molecule has 3 aromatic carbocycles. The molecule has 0 aliphatic heterocycles. The third-order valence-electron chi connectivity index (χ3n) is 12.3. The second kappa shape index (κ2) is 20.2. The molecule has 2 aromatic heterocycles. The molecule has 0 saturated carbocycles. The average molecular weight is 989 g/mol. The molecule has 0 saturated heterocycles. The molecule has 0 fully saturated rings. The summed E-state index contributed by atoms with van der Waals surface area (Å²) in [5, 5.41) is 12.5. The van der Waals surface area contributed by atoms with Crippen LogP contribution in [0.3, 0.4) is 0 Å². The summed E-state index contributed by atoms with van der Waals surface area (Å²) in [7, 11) is 0. The fraction of sp³-hybridized carbons (Fsp3) is 0.490. The van der Waals surface area contributed by atoms with Crippen LogP contribution < -0.4 is 0 Å². The van der Waals surface area contributed by atoms with Gasteiger partial charge in [0.25, 0.3) is 0 Å². The van der Waals surface area contributed by atoms with Gasteiger partial charge in [-0.15, -0.1) is 29.1 Å². The summed E-state index contributed by atoms with van der Waals surface area (Å²) in [4.78, 5) is 16.0. The number of alkyl halides is 3. The van der Waals surface area contributed by atoms with E-state index in [1.54, 1.807) is 6.07 Å². The number of benzene rings is 3. The molecular weight excluding hydrogens is 924 g/mol. The summed E-state index contributed by atoms with van der Waals surface area (Å²) < 4.78 is 49.3. The van der Waals surface area contributed by atoms with E-state index in [9.17, 15) is 23.1 Å². The number of furan rings is 1. The van der Waals surface area contributed by atoms with Crippen LogP contribution in [0.15, 0.2) is 83.1 Å². The molecule has 5 aromatic rings. The van der Waals surface area contributed by atoms with Gasteiger partial charge in [-0.3, -0.25) is 9.78 Å². The molecular formula is C51H65F3IrNO3-. The Morgan fingerprint density at radius 1 is 0.797 bits per heavy atom. The molecule has 1 N–H and O–H groups in total. The quantitative estimate of drug-likeness (QED) is 0.0725. The van der Waals surface area contributed by atoms with Gasteiger partial charge in [0.15, 0.2) is 5.78 Å². The van der Waals surface area contributed by atoms with Crippen molar-refractivity contribution in [2.75, 3.05) is 0 Å². The maximum Gasteiger partial charge on any atom is 0.418 e. The maximum absolute atomic E-state index is 14.3. The van der Waals surface area contributed by atoms with Gasteiger partial charge in [0.05, 0.1) is 11.3 Å². The molecule has 2 heterocycles. The smallest absolute Gasteiger partial charge is 0.418 e. The van der Waals surface area contributed by atoms with Crippen molar-refractivity contribution >= 4 is 27.5 Å². The molecule has 0 aliphatic rings. The largest absolute Gasteiger partial charge is 0.512 e. The number of ketones is 1. The number of hydrogen-bond acceptors (Lipinski definition) is 4. The van der Waals surface area contributed by atoms with E-state index in [-0.39, 0.29) is 65.6 Å². The number of halogens is 3. The van der Waals surface area contributed by atoms with E-state index in [1.807, 2.05) is 64.1 Å². The van der Waals surface area contributed by atoms with Crippen LogP contribution in [0.1, 0.15) is 132 Å². The molecule has 0 atom stereocenters. The number of fused-ring (bicyclic) bond motifs is 2. The van der Waals surface area contributed by atoms with Gasteiger partial charge in [-0.1, -0.05) is 137 Å². The Morgan fingerprint density at radius 3 is 1.90 bits per heavy atom. The van der Waals surface area contributed by atoms with E-state index in [4.69, 9.17) is 4.42 Å². The molecule has 4 nitrogen and oxygen atoms in total. The fourth-order valence-corrected chi connectivity index (χ4v) is 9.23. The van der Waals surface area contributed by atoms with Gasteiger partial charge in [0, 0.05) is 66.3 Å². The number of rotatable bonds is 13. The van der Waals surface area contributed by atoms with Crippen LogP contribution in [-0.2, 0) is 41.9 Å². The Kier molecular flexibility index (Phi) is 17.0. The summed E-state index contributed by atoms with van der Waals surface area (Å²) in [5.74, 6) is 1.79. The maximum atomic E-state index is 14.3. The molecule has 0 bridgehead atoms. The Bertz CT molecular complexity index is 2180. The van der Waals surface area contributed by atoms with E-state index < -0.39 is 11.7 Å². The fourth-order valence-electron chi connectivity index (χ4n) is 9.23. The summed E-state index contributed by atoms with van der Waals surface area (Å²) in [6.07, 6.45) is 1.23. The van der Waals surface area contributed by atoms with Crippen molar-refractivity contribution in [2.24, 2.45) is 29.6 Å². The van der Waals surface area contributed by atoms with Crippen LogP contribution in [0.5, 0.6) is 0 Å². The predicted octanol–water partition coefficient (Wildman–Crippen LogP) is 15.5. The average Bonchev–Trinajstić information content (AvgIpc) is 3.58. The topological polar surface area (TPSA) is 63.3 Å². The minimum absolute atomic E-state index is 0. The Hall–Kier alpha value is -3.74. The van der Waals surface area contributed by atoms with Crippen molar-refractivity contribution in [2.45, 2.75) is 133 Å². The van der Waals surface area contributed by atoms with Gasteiger partial charge in [-0.2, -0.15) is 13.2 Å². The minimum atomic E-state index is -4.60. The van der Waals surface area contributed by atoms with E-state index in [2.05, 4.69) is 85.5 Å². The first kappa shape index (κ1) is 49.6. The van der Waals surface area contributed by atoms with E-state index in [0.717, 1.165) is 59.2 Å². The van der Waals surface area contributed by atoms with Crippen molar-refractivity contribution in [3.8, 4) is 22.6 Å². The number of aromatic nitrogens is 1.